The van der Waals surface area contributed by atoms with Gasteiger partial charge < -0.3 is 10.6 Å². The second-order valence-electron chi connectivity index (χ2n) is 5.72. The summed E-state index contributed by atoms with van der Waals surface area (Å²) in [4.78, 5) is 12.4. The third kappa shape index (κ3) is 1.95. The van der Waals surface area contributed by atoms with Crippen molar-refractivity contribution in [2.45, 2.75) is 38.1 Å². The molecule has 3 rings (SSSR count). The molecule has 1 saturated carbocycles. The van der Waals surface area contributed by atoms with Crippen LogP contribution in [0.15, 0.2) is 18.2 Å². The standard InChI is InChI=1S/C15H17N3O/c1-10-4-6-15(7-5-10)14(19)17-12-3-2-11(9-16)8-13(12)18-15/h2-3,8,10,18H,4-7H2,1H3,(H,17,19). The van der Waals surface area contributed by atoms with E-state index >= 15 is 0 Å². The van der Waals surface area contributed by atoms with Gasteiger partial charge in [-0.1, -0.05) is 6.92 Å². The molecule has 0 unspecified atom stereocenters. The number of nitrogens with zero attached hydrogens (tertiary/aromatic N) is 1. The third-order valence-corrected chi connectivity index (χ3v) is 4.33. The zero-order valence-electron chi connectivity index (χ0n) is 11.0. The van der Waals surface area contributed by atoms with Gasteiger partial charge in [0.2, 0.25) is 5.91 Å². The van der Waals surface area contributed by atoms with Gasteiger partial charge in [0.1, 0.15) is 5.54 Å². The van der Waals surface area contributed by atoms with Crippen LogP contribution in [0.2, 0.25) is 0 Å². The van der Waals surface area contributed by atoms with E-state index in [2.05, 4.69) is 23.6 Å². The van der Waals surface area contributed by atoms with Crippen LogP contribution in [0.5, 0.6) is 0 Å². The maximum Gasteiger partial charge on any atom is 0.250 e. The van der Waals surface area contributed by atoms with Gasteiger partial charge in [-0.05, 0) is 49.8 Å². The van der Waals surface area contributed by atoms with Gasteiger partial charge in [-0.15, -0.1) is 0 Å². The molecule has 0 saturated heterocycles. The van der Waals surface area contributed by atoms with Crippen molar-refractivity contribution in [1.29, 1.82) is 5.26 Å². The molecule has 1 fully saturated rings. The largest absolute Gasteiger partial charge is 0.369 e. The number of amides is 1. The number of hydrogen-bond acceptors (Lipinski definition) is 3. The fourth-order valence-corrected chi connectivity index (χ4v) is 2.99. The highest BCUT2D eigenvalue weighted by Crippen LogP contribution is 2.40. The Kier molecular flexibility index (Phi) is 2.70. The Morgan fingerprint density at radius 2 is 2.05 bits per heavy atom. The molecule has 1 spiro atoms. The van der Waals surface area contributed by atoms with E-state index in [0.717, 1.165) is 37.1 Å². The number of hydrogen-bond donors (Lipinski definition) is 2. The van der Waals surface area contributed by atoms with E-state index in [4.69, 9.17) is 5.26 Å². The molecular formula is C15H17N3O. The zero-order valence-corrected chi connectivity index (χ0v) is 11.0. The van der Waals surface area contributed by atoms with Gasteiger partial charge in [0.25, 0.3) is 0 Å². The van der Waals surface area contributed by atoms with Crippen molar-refractivity contribution < 1.29 is 4.79 Å². The number of carbonyl (C=O) groups excluding carboxylic acids is 1. The molecule has 2 aliphatic rings. The Labute approximate surface area is 112 Å². The van der Waals surface area contributed by atoms with Crippen LogP contribution in [0.4, 0.5) is 11.4 Å². The lowest BCUT2D eigenvalue weighted by Crippen LogP contribution is -2.54. The lowest BCUT2D eigenvalue weighted by atomic mass is 9.75. The van der Waals surface area contributed by atoms with Crippen molar-refractivity contribution in [2.24, 2.45) is 5.92 Å². The number of benzene rings is 1. The molecule has 4 heteroatoms. The average molecular weight is 255 g/mol. The smallest absolute Gasteiger partial charge is 0.250 e. The van der Waals surface area contributed by atoms with Crippen molar-refractivity contribution >= 4 is 17.3 Å². The van der Waals surface area contributed by atoms with Crippen molar-refractivity contribution in [3.63, 3.8) is 0 Å². The highest BCUT2D eigenvalue weighted by Gasteiger charge is 2.43. The summed E-state index contributed by atoms with van der Waals surface area (Å²) in [6, 6.07) is 7.46. The van der Waals surface area contributed by atoms with Crippen LogP contribution in [-0.4, -0.2) is 11.4 Å². The minimum atomic E-state index is -0.479. The Bertz CT molecular complexity index is 565. The minimum absolute atomic E-state index is 0.0663. The molecule has 4 nitrogen and oxygen atoms in total. The number of carbonyl (C=O) groups is 1. The van der Waals surface area contributed by atoms with E-state index in [9.17, 15) is 4.79 Å². The minimum Gasteiger partial charge on any atom is -0.369 e. The summed E-state index contributed by atoms with van der Waals surface area (Å²) in [6.07, 6.45) is 3.84. The topological polar surface area (TPSA) is 64.9 Å². The molecular weight excluding hydrogens is 238 g/mol. The molecule has 19 heavy (non-hydrogen) atoms. The maximum absolute atomic E-state index is 12.4. The summed E-state index contributed by atoms with van der Waals surface area (Å²) in [7, 11) is 0. The van der Waals surface area contributed by atoms with E-state index < -0.39 is 5.54 Å². The number of nitrogens with one attached hydrogen (secondary N) is 2. The molecule has 1 aliphatic carbocycles. The highest BCUT2D eigenvalue weighted by molar-refractivity contribution is 6.06. The van der Waals surface area contributed by atoms with Crippen LogP contribution in [0.3, 0.4) is 0 Å². The van der Waals surface area contributed by atoms with Gasteiger partial charge in [0, 0.05) is 0 Å². The van der Waals surface area contributed by atoms with Crippen molar-refractivity contribution in [3.05, 3.63) is 23.8 Å². The van der Waals surface area contributed by atoms with Crippen LogP contribution < -0.4 is 10.6 Å². The molecule has 2 N–H and O–H groups in total. The van der Waals surface area contributed by atoms with E-state index in [1.807, 2.05) is 6.07 Å². The van der Waals surface area contributed by atoms with Gasteiger partial charge >= 0.3 is 0 Å². The first-order chi connectivity index (χ1) is 9.13. The zero-order chi connectivity index (χ0) is 13.5. The molecule has 0 atom stereocenters. The molecule has 0 radical (unpaired) electrons. The normalized spacial score (nSPS) is 29.1. The first-order valence-electron chi connectivity index (χ1n) is 6.77. The lowest BCUT2D eigenvalue weighted by Gasteiger charge is -2.42. The summed E-state index contributed by atoms with van der Waals surface area (Å²) in [5, 5.41) is 15.3. The van der Waals surface area contributed by atoms with Crippen molar-refractivity contribution in [3.8, 4) is 6.07 Å². The number of anilines is 2. The molecule has 0 aromatic heterocycles. The van der Waals surface area contributed by atoms with Gasteiger partial charge in [-0.2, -0.15) is 5.26 Å². The van der Waals surface area contributed by atoms with E-state index in [1.165, 1.54) is 0 Å². The van der Waals surface area contributed by atoms with E-state index in [0.29, 0.717) is 11.5 Å². The summed E-state index contributed by atoms with van der Waals surface area (Å²) in [5.41, 5.74) is 1.77. The van der Waals surface area contributed by atoms with Crippen LogP contribution >= 0.6 is 0 Å². The highest BCUT2D eigenvalue weighted by atomic mass is 16.2. The predicted molar refractivity (Wildman–Crippen MR) is 73.8 cm³/mol. The lowest BCUT2D eigenvalue weighted by molar-refractivity contribution is -0.121. The molecule has 1 aliphatic heterocycles. The van der Waals surface area contributed by atoms with Crippen molar-refractivity contribution in [2.75, 3.05) is 10.6 Å². The first-order valence-corrected chi connectivity index (χ1v) is 6.77. The van der Waals surface area contributed by atoms with Crippen molar-refractivity contribution in [1.82, 2.24) is 0 Å². The summed E-state index contributed by atoms with van der Waals surface area (Å²) >= 11 is 0. The Balaban J connectivity index is 1.94. The van der Waals surface area contributed by atoms with Crippen LogP contribution in [-0.2, 0) is 4.79 Å². The average Bonchev–Trinajstić information content (AvgIpc) is 2.43. The molecule has 1 heterocycles. The molecule has 98 valence electrons. The van der Waals surface area contributed by atoms with Gasteiger partial charge in [-0.3, -0.25) is 4.79 Å². The summed E-state index contributed by atoms with van der Waals surface area (Å²) < 4.78 is 0. The Morgan fingerprint density at radius 3 is 2.74 bits per heavy atom. The first kappa shape index (κ1) is 12.0. The fraction of sp³-hybridized carbons (Fsp3) is 0.467. The number of nitriles is 1. The quantitative estimate of drug-likeness (QED) is 0.749. The van der Waals surface area contributed by atoms with Gasteiger partial charge in [0.05, 0.1) is 23.0 Å². The van der Waals surface area contributed by atoms with Crippen LogP contribution in [0.1, 0.15) is 38.2 Å². The SMILES string of the molecule is CC1CCC2(CC1)Nc1cc(C#N)ccc1NC2=O. The maximum atomic E-state index is 12.4. The molecule has 0 bridgehead atoms. The van der Waals surface area contributed by atoms with E-state index in [1.54, 1.807) is 12.1 Å². The van der Waals surface area contributed by atoms with Gasteiger partial charge in [0.15, 0.2) is 0 Å². The monoisotopic (exact) mass is 255 g/mol. The Hall–Kier alpha value is -2.02. The number of rotatable bonds is 0. The molecule has 1 aromatic carbocycles. The fourth-order valence-electron chi connectivity index (χ4n) is 2.99. The molecule has 1 amide bonds. The third-order valence-electron chi connectivity index (χ3n) is 4.33. The van der Waals surface area contributed by atoms with E-state index in [-0.39, 0.29) is 5.91 Å². The Morgan fingerprint density at radius 1 is 1.32 bits per heavy atom. The van der Waals surface area contributed by atoms with Crippen LogP contribution in [0.25, 0.3) is 0 Å². The van der Waals surface area contributed by atoms with Crippen LogP contribution in [0, 0.1) is 17.2 Å². The second kappa shape index (κ2) is 4.27. The number of fused-ring (bicyclic) bond motifs is 1. The van der Waals surface area contributed by atoms with Gasteiger partial charge in [-0.25, -0.2) is 0 Å². The summed E-state index contributed by atoms with van der Waals surface area (Å²) in [5.74, 6) is 0.753. The molecule has 1 aromatic rings. The predicted octanol–water partition coefficient (Wildman–Crippen LogP) is 2.87. The summed E-state index contributed by atoms with van der Waals surface area (Å²) in [6.45, 7) is 2.23. The second-order valence-corrected chi connectivity index (χ2v) is 5.72.